The summed E-state index contributed by atoms with van der Waals surface area (Å²) in [5.74, 6) is 0.925. The molecule has 0 aliphatic carbocycles. The van der Waals surface area contributed by atoms with E-state index in [2.05, 4.69) is 26.0 Å². The summed E-state index contributed by atoms with van der Waals surface area (Å²) in [6.07, 6.45) is 3.89. The summed E-state index contributed by atoms with van der Waals surface area (Å²) >= 11 is 0. The van der Waals surface area contributed by atoms with Crippen molar-refractivity contribution in [2.75, 3.05) is 26.3 Å². The Hall–Kier alpha value is -3.16. The molecule has 164 valence electrons. The lowest BCUT2D eigenvalue weighted by Gasteiger charge is -2.32. The third-order valence-corrected chi connectivity index (χ3v) is 5.74. The highest BCUT2D eigenvalue weighted by atomic mass is 16.5. The molecule has 0 saturated carbocycles. The number of amides is 1. The van der Waals surface area contributed by atoms with Crippen LogP contribution >= 0.6 is 0 Å². The number of carbonyl (C=O) groups excluding carboxylic acids is 1. The summed E-state index contributed by atoms with van der Waals surface area (Å²) in [4.78, 5) is 31.6. The SMILES string of the molecule is CCOc1nc(C)c(CC(=O)N2CCC(c3cc4ncccc4[nH]3)CC2)c(OCC)n1. The minimum Gasteiger partial charge on any atom is -0.478 e. The molecule has 3 aromatic heterocycles. The number of pyridine rings is 1. The van der Waals surface area contributed by atoms with E-state index in [1.807, 2.05) is 44.0 Å². The van der Waals surface area contributed by atoms with Crippen LogP contribution in [-0.2, 0) is 11.2 Å². The number of aromatic amines is 1. The van der Waals surface area contributed by atoms with Crippen LogP contribution in [0, 0.1) is 6.92 Å². The molecule has 4 rings (SSSR count). The van der Waals surface area contributed by atoms with Crippen LogP contribution in [0.5, 0.6) is 11.9 Å². The number of hydrogen-bond acceptors (Lipinski definition) is 6. The van der Waals surface area contributed by atoms with Gasteiger partial charge in [-0.3, -0.25) is 9.78 Å². The molecule has 0 spiro atoms. The van der Waals surface area contributed by atoms with Gasteiger partial charge in [-0.25, -0.2) is 4.98 Å². The fourth-order valence-electron chi connectivity index (χ4n) is 4.10. The quantitative estimate of drug-likeness (QED) is 0.626. The Morgan fingerprint density at radius 1 is 1.19 bits per heavy atom. The van der Waals surface area contributed by atoms with Gasteiger partial charge in [0.15, 0.2) is 0 Å². The summed E-state index contributed by atoms with van der Waals surface area (Å²) in [5, 5.41) is 0. The number of likely N-dealkylation sites (tertiary alicyclic amines) is 1. The molecule has 4 heterocycles. The predicted octanol–water partition coefficient (Wildman–Crippen LogP) is 3.41. The van der Waals surface area contributed by atoms with Crippen LogP contribution in [0.15, 0.2) is 24.4 Å². The highest BCUT2D eigenvalue weighted by Gasteiger charge is 2.26. The number of H-pyrrole nitrogens is 1. The zero-order chi connectivity index (χ0) is 21.8. The van der Waals surface area contributed by atoms with Crippen LogP contribution < -0.4 is 9.47 Å². The molecule has 1 fully saturated rings. The summed E-state index contributed by atoms with van der Waals surface area (Å²) in [6.45, 7) is 8.05. The Morgan fingerprint density at radius 2 is 1.97 bits per heavy atom. The summed E-state index contributed by atoms with van der Waals surface area (Å²) in [7, 11) is 0. The molecule has 1 aliphatic rings. The number of rotatable bonds is 7. The van der Waals surface area contributed by atoms with Crippen LogP contribution in [0.3, 0.4) is 0 Å². The number of aromatic nitrogens is 4. The number of piperidine rings is 1. The van der Waals surface area contributed by atoms with Crippen LogP contribution in [-0.4, -0.2) is 57.0 Å². The first-order chi connectivity index (χ1) is 15.1. The van der Waals surface area contributed by atoms with Gasteiger partial charge in [0.1, 0.15) is 0 Å². The third-order valence-electron chi connectivity index (χ3n) is 5.74. The van der Waals surface area contributed by atoms with E-state index < -0.39 is 0 Å². The predicted molar refractivity (Wildman–Crippen MR) is 117 cm³/mol. The molecular weight excluding hydrogens is 394 g/mol. The number of ether oxygens (including phenoxy) is 2. The number of fused-ring (bicyclic) bond motifs is 1. The van der Waals surface area contributed by atoms with E-state index in [4.69, 9.17) is 9.47 Å². The van der Waals surface area contributed by atoms with Crippen molar-refractivity contribution in [2.24, 2.45) is 0 Å². The van der Waals surface area contributed by atoms with E-state index in [0.717, 1.165) is 48.2 Å². The molecule has 0 aromatic carbocycles. The van der Waals surface area contributed by atoms with E-state index >= 15 is 0 Å². The Kier molecular flexibility index (Phi) is 6.34. The van der Waals surface area contributed by atoms with Gasteiger partial charge in [-0.05, 0) is 51.8 Å². The summed E-state index contributed by atoms with van der Waals surface area (Å²) in [5.41, 5.74) is 4.71. The molecule has 8 heteroatoms. The van der Waals surface area contributed by atoms with Gasteiger partial charge in [-0.2, -0.15) is 4.98 Å². The molecule has 0 radical (unpaired) electrons. The van der Waals surface area contributed by atoms with Crippen LogP contribution in [0.2, 0.25) is 0 Å². The van der Waals surface area contributed by atoms with Gasteiger partial charge in [-0.15, -0.1) is 0 Å². The lowest BCUT2D eigenvalue weighted by Crippen LogP contribution is -2.39. The van der Waals surface area contributed by atoms with Gasteiger partial charge in [-0.1, -0.05) is 0 Å². The third kappa shape index (κ3) is 4.62. The van der Waals surface area contributed by atoms with Gasteiger partial charge >= 0.3 is 6.01 Å². The van der Waals surface area contributed by atoms with E-state index in [-0.39, 0.29) is 18.3 Å². The Morgan fingerprint density at radius 3 is 2.68 bits per heavy atom. The van der Waals surface area contributed by atoms with Crippen LogP contribution in [0.25, 0.3) is 11.0 Å². The summed E-state index contributed by atoms with van der Waals surface area (Å²) < 4.78 is 11.1. The second kappa shape index (κ2) is 9.32. The first-order valence-electron chi connectivity index (χ1n) is 10.9. The largest absolute Gasteiger partial charge is 0.478 e. The molecule has 0 unspecified atom stereocenters. The zero-order valence-corrected chi connectivity index (χ0v) is 18.4. The standard InChI is InChI=1S/C23H29N5O3/c1-4-30-22-17(15(3)25-23(27-22)31-5-2)13-21(29)28-11-8-16(9-12-28)19-14-20-18(26-19)7-6-10-24-20/h6-7,10,14,16,26H,4-5,8-9,11-13H2,1-3H3. The van der Waals surface area contributed by atoms with Crippen molar-refractivity contribution in [3.63, 3.8) is 0 Å². The lowest BCUT2D eigenvalue weighted by molar-refractivity contribution is -0.131. The molecule has 31 heavy (non-hydrogen) atoms. The second-order valence-corrected chi connectivity index (χ2v) is 7.73. The van der Waals surface area contributed by atoms with Gasteiger partial charge in [0, 0.05) is 36.5 Å². The number of carbonyl (C=O) groups is 1. The highest BCUT2D eigenvalue weighted by molar-refractivity contribution is 5.80. The van der Waals surface area contributed by atoms with Crippen molar-refractivity contribution in [3.05, 3.63) is 41.3 Å². The van der Waals surface area contributed by atoms with E-state index in [0.29, 0.717) is 25.0 Å². The van der Waals surface area contributed by atoms with E-state index in [9.17, 15) is 4.79 Å². The zero-order valence-electron chi connectivity index (χ0n) is 18.4. The smallest absolute Gasteiger partial charge is 0.319 e. The van der Waals surface area contributed by atoms with E-state index in [1.54, 1.807) is 0 Å². The average Bonchev–Trinajstić information content (AvgIpc) is 3.21. The number of nitrogens with one attached hydrogen (secondary N) is 1. The number of nitrogens with zero attached hydrogens (tertiary/aromatic N) is 4. The maximum atomic E-state index is 13.0. The van der Waals surface area contributed by atoms with Gasteiger partial charge < -0.3 is 19.4 Å². The molecule has 0 atom stereocenters. The van der Waals surface area contributed by atoms with E-state index in [1.165, 1.54) is 5.69 Å². The van der Waals surface area contributed by atoms with Crippen molar-refractivity contribution >= 4 is 16.9 Å². The molecule has 1 N–H and O–H groups in total. The van der Waals surface area contributed by atoms with Crippen LogP contribution in [0.4, 0.5) is 0 Å². The topological polar surface area (TPSA) is 93.2 Å². The molecule has 1 saturated heterocycles. The molecule has 0 bridgehead atoms. The normalized spacial score (nSPS) is 14.7. The minimum absolute atomic E-state index is 0.0774. The van der Waals surface area contributed by atoms with Crippen molar-refractivity contribution < 1.29 is 14.3 Å². The fourth-order valence-corrected chi connectivity index (χ4v) is 4.10. The summed E-state index contributed by atoms with van der Waals surface area (Å²) in [6, 6.07) is 6.40. The number of aryl methyl sites for hydroxylation is 1. The number of hydrogen-bond donors (Lipinski definition) is 1. The highest BCUT2D eigenvalue weighted by Crippen LogP contribution is 2.30. The first-order valence-corrected chi connectivity index (χ1v) is 10.9. The Labute approximate surface area is 182 Å². The molecule has 1 aliphatic heterocycles. The molecule has 8 nitrogen and oxygen atoms in total. The average molecular weight is 424 g/mol. The molecule has 3 aromatic rings. The van der Waals surface area contributed by atoms with Crippen molar-refractivity contribution in [3.8, 4) is 11.9 Å². The van der Waals surface area contributed by atoms with Gasteiger partial charge in [0.2, 0.25) is 11.8 Å². The Bertz CT molecular complexity index is 1020. The second-order valence-electron chi connectivity index (χ2n) is 7.73. The van der Waals surface area contributed by atoms with Crippen LogP contribution in [0.1, 0.15) is 49.6 Å². The van der Waals surface area contributed by atoms with Crippen molar-refractivity contribution in [1.29, 1.82) is 0 Å². The minimum atomic E-state index is 0.0774. The monoisotopic (exact) mass is 423 g/mol. The van der Waals surface area contributed by atoms with Crippen molar-refractivity contribution in [1.82, 2.24) is 24.8 Å². The van der Waals surface area contributed by atoms with Crippen molar-refractivity contribution in [2.45, 2.75) is 46.0 Å². The Balaban J connectivity index is 1.42. The lowest BCUT2D eigenvalue weighted by atomic mass is 9.93. The van der Waals surface area contributed by atoms with Gasteiger partial charge in [0.05, 0.1) is 36.4 Å². The first kappa shape index (κ1) is 21.1. The molecule has 1 amide bonds. The maximum Gasteiger partial charge on any atom is 0.319 e. The fraction of sp³-hybridized carbons (Fsp3) is 0.478. The van der Waals surface area contributed by atoms with Gasteiger partial charge in [0.25, 0.3) is 0 Å². The maximum absolute atomic E-state index is 13.0. The molecular formula is C23H29N5O3.